The number of hydrogen-bond donors (Lipinski definition) is 1. The topological polar surface area (TPSA) is 108 Å². The summed E-state index contributed by atoms with van der Waals surface area (Å²) in [6.45, 7) is 4.62. The largest absolute Gasteiger partial charge is 0.482 e. The quantitative estimate of drug-likeness (QED) is 0.452. The summed E-state index contributed by atoms with van der Waals surface area (Å²) in [6, 6.07) is 8.06. The molecule has 1 N–H and O–H groups in total. The van der Waals surface area contributed by atoms with Crippen LogP contribution in [0.25, 0.3) is 0 Å². The van der Waals surface area contributed by atoms with Gasteiger partial charge in [-0.25, -0.2) is 9.59 Å². The van der Waals surface area contributed by atoms with Crippen LogP contribution in [0.15, 0.2) is 30.3 Å². The van der Waals surface area contributed by atoms with Crippen LogP contribution < -0.4 is 10.1 Å². The van der Waals surface area contributed by atoms with Crippen molar-refractivity contribution < 1.29 is 33.4 Å². The van der Waals surface area contributed by atoms with Crippen LogP contribution in [0.5, 0.6) is 5.75 Å². The van der Waals surface area contributed by atoms with Crippen molar-refractivity contribution in [2.75, 3.05) is 25.1 Å². The molecule has 9 heteroatoms. The summed E-state index contributed by atoms with van der Waals surface area (Å²) in [7, 11) is 0. The Kier molecular flexibility index (Phi) is 8.54. The maximum atomic E-state index is 12.0. The highest BCUT2D eigenvalue weighted by Gasteiger charge is 2.16. The number of hydrogen-bond acceptors (Lipinski definition) is 8. The summed E-state index contributed by atoms with van der Waals surface area (Å²) >= 11 is 1.09. The molecule has 30 heavy (non-hydrogen) atoms. The molecule has 1 aromatic heterocycles. The molecule has 1 heterocycles. The zero-order chi connectivity index (χ0) is 22.1. The normalized spacial score (nSPS) is 10.2. The number of ether oxygens (including phenoxy) is 3. The molecule has 0 unspecified atom stereocenters. The molecule has 0 aliphatic carbocycles. The van der Waals surface area contributed by atoms with Gasteiger partial charge < -0.3 is 19.5 Å². The van der Waals surface area contributed by atoms with Crippen LogP contribution in [-0.2, 0) is 19.1 Å². The number of rotatable bonds is 10. The van der Waals surface area contributed by atoms with Crippen LogP contribution in [0.3, 0.4) is 0 Å². The van der Waals surface area contributed by atoms with Gasteiger partial charge in [0.2, 0.25) is 0 Å². The molecular weight excluding hydrogens is 410 g/mol. The first-order valence-corrected chi connectivity index (χ1v) is 10.1. The van der Waals surface area contributed by atoms with Crippen LogP contribution >= 0.6 is 11.3 Å². The highest BCUT2D eigenvalue weighted by atomic mass is 32.1. The Morgan fingerprint density at radius 1 is 1.00 bits per heavy atom. The zero-order valence-electron chi connectivity index (χ0n) is 17.0. The smallest absolute Gasteiger partial charge is 0.348 e. The van der Waals surface area contributed by atoms with Gasteiger partial charge in [0, 0.05) is 12.0 Å². The number of Topliss-reactive ketones (excluding diaryl/α,β-unsaturated/α-hetero) is 1. The van der Waals surface area contributed by atoms with E-state index >= 15 is 0 Å². The second kappa shape index (κ2) is 11.1. The molecule has 1 amide bonds. The first-order valence-electron chi connectivity index (χ1n) is 9.33. The van der Waals surface area contributed by atoms with Crippen LogP contribution in [0.1, 0.15) is 45.9 Å². The highest BCUT2D eigenvalue weighted by molar-refractivity contribution is 7.18. The number of amides is 1. The Labute approximate surface area is 178 Å². The van der Waals surface area contributed by atoms with E-state index in [1.165, 1.54) is 0 Å². The van der Waals surface area contributed by atoms with Crippen LogP contribution in [0, 0.1) is 6.92 Å². The number of aryl methyl sites for hydroxylation is 1. The summed E-state index contributed by atoms with van der Waals surface area (Å²) < 4.78 is 15.1. The third-order valence-electron chi connectivity index (χ3n) is 3.86. The Morgan fingerprint density at radius 3 is 2.33 bits per heavy atom. The van der Waals surface area contributed by atoms with Gasteiger partial charge in [-0.3, -0.25) is 9.59 Å². The van der Waals surface area contributed by atoms with Gasteiger partial charge in [-0.15, -0.1) is 11.3 Å². The van der Waals surface area contributed by atoms with Gasteiger partial charge in [-0.05, 0) is 49.7 Å². The van der Waals surface area contributed by atoms with Crippen molar-refractivity contribution in [2.45, 2.75) is 27.2 Å². The number of esters is 2. The molecular formula is C21H23NO7S. The van der Waals surface area contributed by atoms with E-state index in [9.17, 15) is 19.2 Å². The van der Waals surface area contributed by atoms with Gasteiger partial charge >= 0.3 is 11.9 Å². The minimum atomic E-state index is -0.714. The Morgan fingerprint density at radius 2 is 1.70 bits per heavy atom. The van der Waals surface area contributed by atoms with E-state index in [1.54, 1.807) is 51.1 Å². The molecule has 0 aliphatic rings. The van der Waals surface area contributed by atoms with Gasteiger partial charge in [0.1, 0.15) is 10.6 Å². The van der Waals surface area contributed by atoms with E-state index in [0.29, 0.717) is 33.2 Å². The lowest BCUT2D eigenvalue weighted by atomic mass is 10.1. The third-order valence-corrected chi connectivity index (χ3v) is 4.99. The lowest BCUT2D eigenvalue weighted by Crippen LogP contribution is -2.23. The molecule has 0 bridgehead atoms. The lowest BCUT2D eigenvalue weighted by Gasteiger charge is -2.07. The molecule has 8 nitrogen and oxygen atoms in total. The minimum Gasteiger partial charge on any atom is -0.482 e. The Bertz CT molecular complexity index is 918. The first kappa shape index (κ1) is 23.1. The van der Waals surface area contributed by atoms with Gasteiger partial charge in [-0.1, -0.05) is 6.92 Å². The van der Waals surface area contributed by atoms with E-state index in [-0.39, 0.29) is 19.0 Å². The van der Waals surface area contributed by atoms with Crippen LogP contribution in [-0.4, -0.2) is 43.4 Å². The second-order valence-electron chi connectivity index (χ2n) is 6.14. The van der Waals surface area contributed by atoms with Crippen molar-refractivity contribution >= 4 is 40.0 Å². The summed E-state index contributed by atoms with van der Waals surface area (Å²) in [5, 5.41) is 3.03. The van der Waals surface area contributed by atoms with Crippen molar-refractivity contribution in [2.24, 2.45) is 0 Å². The SMILES string of the molecule is CCOC(=O)c1sc(NC(=O)COC(=O)COc2ccc(C(=O)CC)cc2)cc1C. The van der Waals surface area contributed by atoms with Crippen molar-refractivity contribution in [1.29, 1.82) is 0 Å². The molecule has 2 aromatic rings. The monoisotopic (exact) mass is 433 g/mol. The number of carbonyl (C=O) groups is 4. The van der Waals surface area contributed by atoms with Crippen LogP contribution in [0.2, 0.25) is 0 Å². The fraction of sp³-hybridized carbons (Fsp3) is 0.333. The number of anilines is 1. The zero-order valence-corrected chi connectivity index (χ0v) is 17.8. The van der Waals surface area contributed by atoms with Crippen LogP contribution in [0.4, 0.5) is 5.00 Å². The number of carbonyl (C=O) groups excluding carboxylic acids is 4. The highest BCUT2D eigenvalue weighted by Crippen LogP contribution is 2.27. The summed E-state index contributed by atoms with van der Waals surface area (Å²) in [5.74, 6) is -1.28. The molecule has 0 spiro atoms. The summed E-state index contributed by atoms with van der Waals surface area (Å²) in [5.41, 5.74) is 1.25. The van der Waals surface area contributed by atoms with E-state index in [0.717, 1.165) is 11.3 Å². The molecule has 2 rings (SSSR count). The third kappa shape index (κ3) is 6.70. The van der Waals surface area contributed by atoms with Gasteiger partial charge in [0.15, 0.2) is 19.0 Å². The molecule has 0 radical (unpaired) electrons. The number of benzene rings is 1. The number of nitrogens with one attached hydrogen (secondary N) is 1. The maximum absolute atomic E-state index is 12.0. The standard InChI is InChI=1S/C21H23NO7S/c1-4-16(23)14-6-8-15(9-7-14)28-12-19(25)29-11-17(24)22-18-10-13(3)20(30-18)21(26)27-5-2/h6-10H,4-5,11-12H2,1-3H3,(H,22,24). The maximum Gasteiger partial charge on any atom is 0.348 e. The molecule has 0 atom stereocenters. The number of thiophene rings is 1. The fourth-order valence-corrected chi connectivity index (χ4v) is 3.37. The molecule has 0 saturated carbocycles. The minimum absolute atomic E-state index is 0.0160. The van der Waals surface area contributed by atoms with Crippen molar-refractivity contribution in [1.82, 2.24) is 0 Å². The number of ketones is 1. The van der Waals surface area contributed by atoms with E-state index in [4.69, 9.17) is 14.2 Å². The molecule has 0 saturated heterocycles. The van der Waals surface area contributed by atoms with Gasteiger partial charge in [0.05, 0.1) is 11.6 Å². The van der Waals surface area contributed by atoms with E-state index < -0.39 is 24.5 Å². The average molecular weight is 433 g/mol. The second-order valence-corrected chi connectivity index (χ2v) is 7.19. The van der Waals surface area contributed by atoms with Crippen molar-refractivity contribution in [3.63, 3.8) is 0 Å². The molecule has 0 aliphatic heterocycles. The van der Waals surface area contributed by atoms with E-state index in [1.807, 2.05) is 0 Å². The van der Waals surface area contributed by atoms with Crippen molar-refractivity contribution in [3.05, 3.63) is 46.3 Å². The predicted octanol–water partition coefficient (Wildman–Crippen LogP) is 3.39. The molecule has 1 aromatic carbocycles. The fourth-order valence-electron chi connectivity index (χ4n) is 2.39. The molecule has 0 fully saturated rings. The van der Waals surface area contributed by atoms with E-state index in [2.05, 4.69) is 5.32 Å². The Balaban J connectivity index is 1.77. The van der Waals surface area contributed by atoms with Crippen molar-refractivity contribution in [3.8, 4) is 5.75 Å². The summed E-state index contributed by atoms with van der Waals surface area (Å²) in [4.78, 5) is 47.5. The Hall–Kier alpha value is -3.20. The average Bonchev–Trinajstić information content (AvgIpc) is 3.10. The lowest BCUT2D eigenvalue weighted by molar-refractivity contribution is -0.149. The molecule has 160 valence electrons. The van der Waals surface area contributed by atoms with Gasteiger partial charge in [0.25, 0.3) is 5.91 Å². The van der Waals surface area contributed by atoms with Gasteiger partial charge in [-0.2, -0.15) is 0 Å². The summed E-state index contributed by atoms with van der Waals surface area (Å²) in [6.07, 6.45) is 0.407. The predicted molar refractivity (Wildman–Crippen MR) is 111 cm³/mol. The first-order chi connectivity index (χ1) is 14.3.